The van der Waals surface area contributed by atoms with Gasteiger partial charge in [0.05, 0.1) is 44.0 Å². The summed E-state index contributed by atoms with van der Waals surface area (Å²) in [5.74, 6) is -3.76. The number of nitrogens with zero attached hydrogens (tertiary/aromatic N) is 4. The highest BCUT2D eigenvalue weighted by molar-refractivity contribution is 14.1. The van der Waals surface area contributed by atoms with Crippen molar-refractivity contribution in [2.24, 2.45) is 30.7 Å². The van der Waals surface area contributed by atoms with Crippen molar-refractivity contribution in [1.29, 1.82) is 0 Å². The normalized spacial score (nSPS) is 16.1. The number of hydrogen-bond acceptors (Lipinski definition) is 11. The van der Waals surface area contributed by atoms with Gasteiger partial charge in [0.2, 0.25) is 11.8 Å². The van der Waals surface area contributed by atoms with E-state index in [1.165, 1.54) is 0 Å². The van der Waals surface area contributed by atoms with Crippen LogP contribution in [-0.2, 0) is 64.6 Å². The Morgan fingerprint density at radius 3 is 1.98 bits per heavy atom. The van der Waals surface area contributed by atoms with Crippen molar-refractivity contribution in [3.8, 4) is 0 Å². The molecule has 2 aromatic carbocycles. The topological polar surface area (TPSA) is 179 Å². The molecule has 1 saturated heterocycles. The van der Waals surface area contributed by atoms with Gasteiger partial charge in [-0.2, -0.15) is 0 Å². The number of benzene rings is 2. The lowest BCUT2D eigenvalue weighted by Crippen LogP contribution is -2.55. The van der Waals surface area contributed by atoms with Gasteiger partial charge in [0.15, 0.2) is 17.2 Å². The lowest BCUT2D eigenvalue weighted by atomic mass is 9.87. The second-order valence-corrected chi connectivity index (χ2v) is 18.6. The van der Waals surface area contributed by atoms with Crippen LogP contribution in [0.1, 0.15) is 90.0 Å². The number of ether oxygens (including phenoxy) is 2. The SMILES string of the molecule is CC(C)C[C@H](NC(=O)[C@H](CCc1ccccc1)CC(=O)CN1CCOCC1)C(=O)C[C@@H](Cc1ccccc1)C(=O)N[C@@H](CC(C)C)C(=O)C(C)(CI)OC(=O)CCc1cn(C)nn1. The highest BCUT2D eigenvalue weighted by atomic mass is 127. The monoisotopic (exact) mass is 982 g/mol. The van der Waals surface area contributed by atoms with Crippen LogP contribution in [0.5, 0.6) is 0 Å². The van der Waals surface area contributed by atoms with Crippen LogP contribution in [0.15, 0.2) is 66.9 Å². The largest absolute Gasteiger partial charge is 0.450 e. The zero-order valence-corrected chi connectivity index (χ0v) is 40.0. The zero-order chi connectivity index (χ0) is 45.9. The number of nitrogens with one attached hydrogen (secondary N) is 2. The van der Waals surface area contributed by atoms with Crippen molar-refractivity contribution < 1.29 is 38.2 Å². The molecular weight excluding hydrogens is 915 g/mol. The third-order valence-electron chi connectivity index (χ3n) is 11.2. The molecule has 1 aromatic heterocycles. The highest BCUT2D eigenvalue weighted by Crippen LogP contribution is 2.24. The number of amides is 2. The van der Waals surface area contributed by atoms with Crippen LogP contribution < -0.4 is 10.6 Å². The van der Waals surface area contributed by atoms with Crippen molar-refractivity contribution >= 4 is 57.7 Å². The third-order valence-corrected chi connectivity index (χ3v) is 12.7. The van der Waals surface area contributed by atoms with Gasteiger partial charge in [0.1, 0.15) is 5.78 Å². The fourth-order valence-electron chi connectivity index (χ4n) is 7.78. The van der Waals surface area contributed by atoms with Crippen LogP contribution in [-0.4, -0.2) is 110 Å². The van der Waals surface area contributed by atoms with Crippen LogP contribution in [0.3, 0.4) is 0 Å². The number of halogens is 1. The van der Waals surface area contributed by atoms with Crippen LogP contribution in [0.25, 0.3) is 0 Å². The predicted molar refractivity (Wildman–Crippen MR) is 249 cm³/mol. The number of aryl methyl sites for hydroxylation is 3. The summed E-state index contributed by atoms with van der Waals surface area (Å²) in [6.45, 7) is 12.0. The first kappa shape index (κ1) is 51.3. The zero-order valence-electron chi connectivity index (χ0n) is 37.9. The van der Waals surface area contributed by atoms with E-state index in [9.17, 15) is 28.8 Å². The van der Waals surface area contributed by atoms with E-state index in [4.69, 9.17) is 9.47 Å². The van der Waals surface area contributed by atoms with E-state index in [2.05, 4.69) is 20.9 Å². The number of rotatable bonds is 27. The molecule has 2 amide bonds. The molecule has 0 bridgehead atoms. The minimum absolute atomic E-state index is 0.00667. The fourth-order valence-corrected chi connectivity index (χ4v) is 8.31. The number of alkyl halides is 1. The molecule has 5 atom stereocenters. The number of esters is 1. The van der Waals surface area contributed by atoms with E-state index in [1.807, 2.05) is 116 Å². The van der Waals surface area contributed by atoms with Gasteiger partial charge in [0.25, 0.3) is 0 Å². The van der Waals surface area contributed by atoms with Crippen molar-refractivity contribution in [3.05, 3.63) is 83.7 Å². The molecule has 3 aromatic rings. The van der Waals surface area contributed by atoms with Crippen LogP contribution >= 0.6 is 22.6 Å². The molecular formula is C48H67IN6O8. The predicted octanol–water partition coefficient (Wildman–Crippen LogP) is 5.47. The van der Waals surface area contributed by atoms with E-state index in [0.29, 0.717) is 57.7 Å². The van der Waals surface area contributed by atoms with E-state index in [-0.39, 0.29) is 72.4 Å². The molecule has 2 heterocycles. The Morgan fingerprint density at radius 2 is 1.40 bits per heavy atom. The molecule has 63 heavy (non-hydrogen) atoms. The van der Waals surface area contributed by atoms with Crippen molar-refractivity contribution in [1.82, 2.24) is 30.5 Å². The van der Waals surface area contributed by atoms with Crippen molar-refractivity contribution in [2.45, 2.75) is 110 Å². The Morgan fingerprint density at radius 1 is 0.810 bits per heavy atom. The number of carbonyl (C=O) groups excluding carboxylic acids is 6. The van der Waals surface area contributed by atoms with E-state index in [1.54, 1.807) is 24.9 Å². The third kappa shape index (κ3) is 17.6. The molecule has 0 saturated carbocycles. The summed E-state index contributed by atoms with van der Waals surface area (Å²) in [4.78, 5) is 86.1. The summed E-state index contributed by atoms with van der Waals surface area (Å²) < 4.78 is 13.0. The van der Waals surface area contributed by atoms with E-state index >= 15 is 0 Å². The second-order valence-electron chi connectivity index (χ2n) is 17.9. The lowest BCUT2D eigenvalue weighted by Gasteiger charge is -2.32. The minimum atomic E-state index is -1.54. The fraction of sp³-hybridized carbons (Fsp3) is 0.583. The summed E-state index contributed by atoms with van der Waals surface area (Å²) in [5, 5.41) is 13.9. The maximum absolute atomic E-state index is 14.5. The molecule has 2 N–H and O–H groups in total. The average molecular weight is 983 g/mol. The number of carbonyl (C=O) groups is 6. The molecule has 1 fully saturated rings. The number of morpholine rings is 1. The number of hydrogen-bond donors (Lipinski definition) is 2. The Labute approximate surface area is 386 Å². The number of Topliss-reactive ketones (excluding diaryl/α,β-unsaturated/α-hetero) is 3. The molecule has 4 rings (SSSR count). The maximum Gasteiger partial charge on any atom is 0.307 e. The highest BCUT2D eigenvalue weighted by Gasteiger charge is 2.42. The Balaban J connectivity index is 1.53. The lowest BCUT2D eigenvalue weighted by molar-refractivity contribution is -0.164. The molecule has 0 spiro atoms. The average Bonchev–Trinajstić information content (AvgIpc) is 3.68. The number of ketones is 3. The van der Waals surface area contributed by atoms with Gasteiger partial charge >= 0.3 is 5.97 Å². The molecule has 0 radical (unpaired) electrons. The second kappa shape index (κ2) is 25.8. The first-order valence-corrected chi connectivity index (χ1v) is 23.8. The number of aromatic nitrogens is 3. The maximum atomic E-state index is 14.5. The van der Waals surface area contributed by atoms with Gasteiger partial charge in [0, 0.05) is 61.9 Å². The molecule has 15 heteroatoms. The molecule has 1 aliphatic rings. The van der Waals surface area contributed by atoms with Gasteiger partial charge in [-0.05, 0) is 62.0 Å². The van der Waals surface area contributed by atoms with Crippen LogP contribution in [0.2, 0.25) is 0 Å². The Hall–Kier alpha value is -4.35. The quantitative estimate of drug-likeness (QED) is 0.0562. The molecule has 344 valence electrons. The summed E-state index contributed by atoms with van der Waals surface area (Å²) in [6.07, 6.45) is 3.66. The molecule has 1 unspecified atom stereocenters. The molecule has 14 nitrogen and oxygen atoms in total. The van der Waals surface area contributed by atoms with Crippen LogP contribution in [0.4, 0.5) is 0 Å². The summed E-state index contributed by atoms with van der Waals surface area (Å²) in [7, 11) is 1.73. The summed E-state index contributed by atoms with van der Waals surface area (Å²) in [5.41, 5.74) is 0.958. The minimum Gasteiger partial charge on any atom is -0.450 e. The molecule has 1 aliphatic heterocycles. The van der Waals surface area contributed by atoms with Gasteiger partial charge in [-0.15, -0.1) is 5.10 Å². The Bertz CT molecular complexity index is 1940. The first-order chi connectivity index (χ1) is 30.0. The van der Waals surface area contributed by atoms with Gasteiger partial charge < -0.3 is 20.1 Å². The Kier molecular flexibility index (Phi) is 21.0. The van der Waals surface area contributed by atoms with Crippen LogP contribution in [0, 0.1) is 23.7 Å². The van der Waals surface area contributed by atoms with Gasteiger partial charge in [-0.3, -0.25) is 38.3 Å². The smallest absolute Gasteiger partial charge is 0.307 e. The van der Waals surface area contributed by atoms with Crippen molar-refractivity contribution in [2.75, 3.05) is 37.3 Å². The first-order valence-electron chi connectivity index (χ1n) is 22.3. The van der Waals surface area contributed by atoms with Gasteiger partial charge in [-0.1, -0.05) is 116 Å². The standard InChI is InChI=1S/C48H67IN6O8/c1-33(2)25-41(50-46(60)37(18-17-35-13-9-7-10-14-35)28-40(56)31-55-21-23-62-24-22-55)43(57)29-38(27-36-15-11-8-12-16-36)47(61)51-42(26-34(3)4)45(59)48(5,32-49)63-44(58)20-19-39-30-54(6)53-52-39/h7-16,30,33-34,37-38,41-42H,17-29,31-32H2,1-6H3,(H,50,60)(H,51,61)/t37-,38-,41+,42+,48?/m1/s1. The summed E-state index contributed by atoms with van der Waals surface area (Å²) >= 11 is 2.02. The summed E-state index contributed by atoms with van der Waals surface area (Å²) in [6, 6.07) is 17.2. The molecule has 0 aliphatic carbocycles. The van der Waals surface area contributed by atoms with Gasteiger partial charge in [-0.25, -0.2) is 0 Å². The van der Waals surface area contributed by atoms with E-state index in [0.717, 1.165) is 11.1 Å². The van der Waals surface area contributed by atoms with Crippen molar-refractivity contribution in [3.63, 3.8) is 0 Å². The van der Waals surface area contributed by atoms with E-state index < -0.39 is 47.2 Å².